The molecule has 20 heavy (non-hydrogen) atoms. The van der Waals surface area contributed by atoms with E-state index < -0.39 is 11.8 Å². The molecule has 0 unspecified atom stereocenters. The summed E-state index contributed by atoms with van der Waals surface area (Å²) in [5.41, 5.74) is -0.711. The molecule has 7 nitrogen and oxygen atoms in total. The largest absolute Gasteiger partial charge is 0.444 e. The Morgan fingerprint density at radius 2 is 2.05 bits per heavy atom. The fourth-order valence-electron chi connectivity index (χ4n) is 1.68. The maximum atomic E-state index is 11.9. The van der Waals surface area contributed by atoms with E-state index in [0.29, 0.717) is 22.7 Å². The topological polar surface area (TPSA) is 92.1 Å². The Morgan fingerprint density at radius 1 is 1.35 bits per heavy atom. The molecule has 2 rings (SSSR count). The number of ether oxygens (including phenoxy) is 1. The molecular weight excluding hydrogens is 260 g/mol. The Balaban J connectivity index is 2.20. The van der Waals surface area contributed by atoms with E-state index in [1.807, 2.05) is 6.92 Å². The summed E-state index contributed by atoms with van der Waals surface area (Å²) >= 11 is 0. The number of carbonyl (C=O) groups excluding carboxylic acids is 1. The van der Waals surface area contributed by atoms with Crippen LogP contribution in [0.4, 0.5) is 4.79 Å². The van der Waals surface area contributed by atoms with Crippen molar-refractivity contribution in [2.75, 3.05) is 5.84 Å². The van der Waals surface area contributed by atoms with E-state index in [-0.39, 0.29) is 0 Å². The summed E-state index contributed by atoms with van der Waals surface area (Å²) in [4.78, 5) is 23.7. The molecule has 7 heteroatoms. The lowest BCUT2D eigenvalue weighted by molar-refractivity contribution is 0.197. The summed E-state index contributed by atoms with van der Waals surface area (Å²) in [6.45, 7) is 2.01. The van der Waals surface area contributed by atoms with Gasteiger partial charge < -0.3 is 10.6 Å². The van der Waals surface area contributed by atoms with Gasteiger partial charge in [-0.1, -0.05) is 31.5 Å². The Hall–Kier alpha value is -2.57. The molecule has 0 atom stereocenters. The van der Waals surface area contributed by atoms with Crippen molar-refractivity contribution < 1.29 is 9.53 Å². The van der Waals surface area contributed by atoms with Crippen molar-refractivity contribution in [1.29, 1.82) is 0 Å². The van der Waals surface area contributed by atoms with Crippen LogP contribution in [0.15, 0.2) is 35.1 Å². The van der Waals surface area contributed by atoms with Gasteiger partial charge in [0.15, 0.2) is 5.82 Å². The third-order valence-electron chi connectivity index (χ3n) is 2.76. The average Bonchev–Trinajstić information content (AvgIpc) is 2.74. The van der Waals surface area contributed by atoms with E-state index in [1.54, 1.807) is 30.3 Å². The maximum Gasteiger partial charge on any atom is 0.444 e. The first kappa shape index (κ1) is 13.9. The number of nitrogen functional groups attached to an aromatic ring is 1. The number of nitrogens with two attached hydrogens (primary N) is 1. The number of aryl methyl sites for hydroxylation is 1. The molecule has 2 N–H and O–H groups in total. The standard InChI is InChI=1S/C13H16N4O3/c1-2-3-9-11-15-17(12(18)16(11)14)13(19)20-10-7-5-4-6-8-10/h4-8H,2-3,9,14H2,1H3. The number of hydrogen-bond acceptors (Lipinski definition) is 5. The average molecular weight is 276 g/mol. The van der Waals surface area contributed by atoms with Gasteiger partial charge in [-0.05, 0) is 18.6 Å². The highest BCUT2D eigenvalue weighted by atomic mass is 16.6. The van der Waals surface area contributed by atoms with Gasteiger partial charge in [-0.2, -0.15) is 4.68 Å². The predicted octanol–water partition coefficient (Wildman–Crippen LogP) is 1.15. The first-order chi connectivity index (χ1) is 9.63. The first-order valence-corrected chi connectivity index (χ1v) is 6.36. The van der Waals surface area contributed by atoms with Gasteiger partial charge in [-0.15, -0.1) is 9.78 Å². The van der Waals surface area contributed by atoms with Gasteiger partial charge in [-0.3, -0.25) is 0 Å². The number of carbonyl (C=O) groups is 1. The number of rotatable bonds is 4. The van der Waals surface area contributed by atoms with Gasteiger partial charge in [-0.25, -0.2) is 9.59 Å². The highest BCUT2D eigenvalue weighted by Gasteiger charge is 2.18. The number of aromatic nitrogens is 3. The zero-order valence-corrected chi connectivity index (χ0v) is 11.2. The highest BCUT2D eigenvalue weighted by molar-refractivity contribution is 5.71. The van der Waals surface area contributed by atoms with Gasteiger partial charge in [0.25, 0.3) is 0 Å². The van der Waals surface area contributed by atoms with Crippen LogP contribution in [0.25, 0.3) is 0 Å². The Morgan fingerprint density at radius 3 is 2.70 bits per heavy atom. The molecule has 0 radical (unpaired) electrons. The van der Waals surface area contributed by atoms with Crippen molar-refractivity contribution in [3.63, 3.8) is 0 Å². The summed E-state index contributed by atoms with van der Waals surface area (Å²) < 4.78 is 6.56. The quantitative estimate of drug-likeness (QED) is 0.846. The van der Waals surface area contributed by atoms with E-state index in [1.165, 1.54) is 0 Å². The zero-order chi connectivity index (χ0) is 14.5. The lowest BCUT2D eigenvalue weighted by Crippen LogP contribution is -2.35. The summed E-state index contributed by atoms with van der Waals surface area (Å²) in [7, 11) is 0. The molecule has 0 aliphatic carbocycles. The molecule has 0 spiro atoms. The van der Waals surface area contributed by atoms with Crippen LogP contribution in [-0.2, 0) is 6.42 Å². The van der Waals surface area contributed by atoms with Gasteiger partial charge >= 0.3 is 11.8 Å². The van der Waals surface area contributed by atoms with Crippen LogP contribution < -0.4 is 16.3 Å². The van der Waals surface area contributed by atoms with Crippen molar-refractivity contribution in [1.82, 2.24) is 14.5 Å². The fourth-order valence-corrected chi connectivity index (χ4v) is 1.68. The Bertz CT molecular complexity index is 645. The molecule has 0 saturated heterocycles. The summed E-state index contributed by atoms with van der Waals surface area (Å²) in [6, 6.07) is 8.46. The van der Waals surface area contributed by atoms with Gasteiger partial charge in [0.1, 0.15) is 5.75 Å². The smallest absolute Gasteiger partial charge is 0.409 e. The SMILES string of the molecule is CCCCc1nn(C(=O)Oc2ccccc2)c(=O)n1N. The van der Waals surface area contributed by atoms with Crippen molar-refractivity contribution in [3.05, 3.63) is 46.6 Å². The number of unbranched alkanes of at least 4 members (excludes halogenated alkanes) is 1. The third-order valence-corrected chi connectivity index (χ3v) is 2.76. The van der Waals surface area contributed by atoms with Crippen LogP contribution in [0.1, 0.15) is 25.6 Å². The van der Waals surface area contributed by atoms with Crippen LogP contribution in [-0.4, -0.2) is 20.5 Å². The fraction of sp³-hybridized carbons (Fsp3) is 0.308. The molecule has 0 saturated carbocycles. The van der Waals surface area contributed by atoms with E-state index >= 15 is 0 Å². The number of para-hydroxylation sites is 1. The van der Waals surface area contributed by atoms with E-state index in [2.05, 4.69) is 5.10 Å². The lowest BCUT2D eigenvalue weighted by atomic mass is 10.2. The van der Waals surface area contributed by atoms with Gasteiger partial charge in [0, 0.05) is 6.42 Å². The maximum absolute atomic E-state index is 11.9. The number of hydrogen-bond donors (Lipinski definition) is 1. The lowest BCUT2D eigenvalue weighted by Gasteiger charge is -2.01. The summed E-state index contributed by atoms with van der Waals surface area (Å²) in [5, 5.41) is 3.91. The monoisotopic (exact) mass is 276 g/mol. The number of nitrogens with zero attached hydrogens (tertiary/aromatic N) is 3. The van der Waals surface area contributed by atoms with Crippen LogP contribution in [0.3, 0.4) is 0 Å². The van der Waals surface area contributed by atoms with Crippen LogP contribution in [0, 0.1) is 0 Å². The molecule has 2 aromatic rings. The minimum Gasteiger partial charge on any atom is -0.409 e. The minimum absolute atomic E-state index is 0.339. The van der Waals surface area contributed by atoms with Gasteiger partial charge in [0.05, 0.1) is 0 Å². The van der Waals surface area contributed by atoms with E-state index in [4.69, 9.17) is 10.6 Å². The van der Waals surface area contributed by atoms with Crippen LogP contribution >= 0.6 is 0 Å². The normalized spacial score (nSPS) is 10.4. The molecule has 0 aliphatic rings. The molecule has 106 valence electrons. The molecule has 1 aromatic carbocycles. The molecule has 1 heterocycles. The van der Waals surface area contributed by atoms with Crippen molar-refractivity contribution >= 4 is 6.09 Å². The second-order valence-corrected chi connectivity index (χ2v) is 4.27. The molecule has 0 amide bonds. The minimum atomic E-state index is -0.872. The van der Waals surface area contributed by atoms with Crippen LogP contribution in [0.5, 0.6) is 5.75 Å². The Kier molecular flexibility index (Phi) is 4.19. The van der Waals surface area contributed by atoms with Crippen LogP contribution in [0.2, 0.25) is 0 Å². The summed E-state index contributed by atoms with van der Waals surface area (Å²) in [6.07, 6.45) is 1.44. The predicted molar refractivity (Wildman–Crippen MR) is 73.1 cm³/mol. The summed E-state index contributed by atoms with van der Waals surface area (Å²) in [5.74, 6) is 6.29. The second kappa shape index (κ2) is 6.05. The Labute approximate surface area is 115 Å². The van der Waals surface area contributed by atoms with Crippen molar-refractivity contribution in [2.45, 2.75) is 26.2 Å². The molecule has 0 aliphatic heterocycles. The zero-order valence-electron chi connectivity index (χ0n) is 11.2. The molecule has 1 aromatic heterocycles. The van der Waals surface area contributed by atoms with E-state index in [0.717, 1.165) is 17.5 Å². The van der Waals surface area contributed by atoms with E-state index in [9.17, 15) is 9.59 Å². The van der Waals surface area contributed by atoms with Crippen molar-refractivity contribution in [2.24, 2.45) is 0 Å². The van der Waals surface area contributed by atoms with Gasteiger partial charge in [0.2, 0.25) is 0 Å². The number of benzene rings is 1. The molecule has 0 bridgehead atoms. The van der Waals surface area contributed by atoms with Crippen molar-refractivity contribution in [3.8, 4) is 5.75 Å². The molecular formula is C13H16N4O3. The third kappa shape index (κ3) is 2.87. The second-order valence-electron chi connectivity index (χ2n) is 4.27. The first-order valence-electron chi connectivity index (χ1n) is 6.36. The highest BCUT2D eigenvalue weighted by Crippen LogP contribution is 2.09. The molecule has 0 fully saturated rings.